The smallest absolute Gasteiger partial charge is 0.270 e. The molecule has 0 unspecified atom stereocenters. The summed E-state index contributed by atoms with van der Waals surface area (Å²) < 4.78 is 0. The van der Waals surface area contributed by atoms with Crippen LogP contribution in [0.3, 0.4) is 0 Å². The number of hydrogen-bond donors (Lipinski definition) is 2. The van der Waals surface area contributed by atoms with Gasteiger partial charge in [0.2, 0.25) is 0 Å². The first-order valence-electron chi connectivity index (χ1n) is 7.09. The molecule has 0 bridgehead atoms. The molecule has 0 aliphatic carbocycles. The Labute approximate surface area is 143 Å². The number of benzene rings is 2. The topological polar surface area (TPSA) is 95.7 Å². The van der Waals surface area contributed by atoms with Gasteiger partial charge in [-0.25, -0.2) is 0 Å². The second kappa shape index (κ2) is 7.76. The van der Waals surface area contributed by atoms with Crippen molar-refractivity contribution < 1.29 is 14.8 Å². The molecule has 2 aromatic rings. The molecule has 8 heteroatoms. The largest absolute Gasteiger partial charge is 0.395 e. The minimum Gasteiger partial charge on any atom is -0.395 e. The lowest BCUT2D eigenvalue weighted by molar-refractivity contribution is -0.384. The Hall–Kier alpha value is -2.64. The van der Waals surface area contributed by atoms with Gasteiger partial charge in [-0.05, 0) is 30.3 Å². The maximum absolute atomic E-state index is 12.2. The molecule has 0 saturated heterocycles. The minimum atomic E-state index is -0.574. The van der Waals surface area contributed by atoms with Crippen molar-refractivity contribution in [3.8, 4) is 0 Å². The van der Waals surface area contributed by atoms with Gasteiger partial charge in [-0.3, -0.25) is 14.9 Å². The van der Waals surface area contributed by atoms with Gasteiger partial charge in [0.1, 0.15) is 0 Å². The Morgan fingerprint density at radius 2 is 1.96 bits per heavy atom. The van der Waals surface area contributed by atoms with Crippen LogP contribution in [0, 0.1) is 10.1 Å². The van der Waals surface area contributed by atoms with Crippen molar-refractivity contribution in [3.63, 3.8) is 0 Å². The zero-order valence-corrected chi connectivity index (χ0v) is 13.7. The maximum atomic E-state index is 12.2. The van der Waals surface area contributed by atoms with Crippen LogP contribution in [-0.2, 0) is 0 Å². The molecule has 126 valence electrons. The Morgan fingerprint density at radius 1 is 1.29 bits per heavy atom. The van der Waals surface area contributed by atoms with E-state index in [0.717, 1.165) is 11.8 Å². The summed E-state index contributed by atoms with van der Waals surface area (Å²) >= 11 is 5.94. The van der Waals surface area contributed by atoms with Crippen molar-refractivity contribution in [1.82, 2.24) is 0 Å². The number of nitrogens with zero attached hydrogens (tertiary/aromatic N) is 2. The highest BCUT2D eigenvalue weighted by Crippen LogP contribution is 2.24. The zero-order valence-electron chi connectivity index (χ0n) is 12.9. The van der Waals surface area contributed by atoms with E-state index in [1.165, 1.54) is 12.1 Å². The van der Waals surface area contributed by atoms with E-state index in [1.807, 2.05) is 24.1 Å². The Balaban J connectivity index is 2.11. The Morgan fingerprint density at radius 3 is 2.50 bits per heavy atom. The van der Waals surface area contributed by atoms with Crippen LogP contribution < -0.4 is 10.2 Å². The van der Waals surface area contributed by atoms with Gasteiger partial charge in [-0.1, -0.05) is 11.6 Å². The molecular weight excluding hydrogens is 334 g/mol. The van der Waals surface area contributed by atoms with Crippen LogP contribution in [0.4, 0.5) is 17.1 Å². The number of amides is 1. The SMILES string of the molecule is CN(CCO)c1ccc(NC(=O)c2ccc([N+](=O)[O-])cc2Cl)cc1. The fourth-order valence-corrected chi connectivity index (χ4v) is 2.34. The van der Waals surface area contributed by atoms with Crippen molar-refractivity contribution in [2.24, 2.45) is 0 Å². The first kappa shape index (κ1) is 17.7. The number of hydrogen-bond acceptors (Lipinski definition) is 5. The highest BCUT2D eigenvalue weighted by Gasteiger charge is 2.15. The fraction of sp³-hybridized carbons (Fsp3) is 0.188. The van der Waals surface area contributed by atoms with Gasteiger partial charge in [0.25, 0.3) is 11.6 Å². The molecule has 0 aliphatic rings. The van der Waals surface area contributed by atoms with Crippen molar-refractivity contribution >= 4 is 34.6 Å². The summed E-state index contributed by atoms with van der Waals surface area (Å²) in [6.45, 7) is 0.553. The highest BCUT2D eigenvalue weighted by atomic mass is 35.5. The summed E-state index contributed by atoms with van der Waals surface area (Å²) in [5.41, 5.74) is 1.45. The quantitative estimate of drug-likeness (QED) is 0.617. The number of nitro groups is 1. The molecule has 0 heterocycles. The zero-order chi connectivity index (χ0) is 17.7. The molecule has 1 amide bonds. The van der Waals surface area contributed by atoms with E-state index in [9.17, 15) is 14.9 Å². The van der Waals surface area contributed by atoms with Gasteiger partial charge < -0.3 is 15.3 Å². The van der Waals surface area contributed by atoms with Gasteiger partial charge in [0, 0.05) is 37.1 Å². The van der Waals surface area contributed by atoms with Crippen LogP contribution >= 0.6 is 11.6 Å². The highest BCUT2D eigenvalue weighted by molar-refractivity contribution is 6.34. The van der Waals surface area contributed by atoms with Crippen LogP contribution in [0.1, 0.15) is 10.4 Å². The number of nitrogens with one attached hydrogen (secondary N) is 1. The van der Waals surface area contributed by atoms with Crippen molar-refractivity contribution in [2.75, 3.05) is 30.4 Å². The molecule has 0 aliphatic heterocycles. The third kappa shape index (κ3) is 4.21. The third-order valence-corrected chi connectivity index (χ3v) is 3.72. The standard InChI is InChI=1S/C16H16ClN3O4/c1-19(8-9-21)12-4-2-11(3-5-12)18-16(22)14-7-6-13(20(23)24)10-15(14)17/h2-7,10,21H,8-9H2,1H3,(H,18,22). The fourth-order valence-electron chi connectivity index (χ4n) is 2.08. The second-order valence-corrected chi connectivity index (χ2v) is 5.47. The number of anilines is 2. The molecule has 0 saturated carbocycles. The van der Waals surface area contributed by atoms with Crippen LogP contribution in [0.15, 0.2) is 42.5 Å². The Kier molecular flexibility index (Phi) is 5.73. The number of aliphatic hydroxyl groups excluding tert-OH is 1. The molecule has 7 nitrogen and oxygen atoms in total. The number of carbonyl (C=O) groups excluding carboxylic acids is 1. The molecule has 0 aromatic heterocycles. The molecule has 0 spiro atoms. The Bertz CT molecular complexity index is 749. The number of aliphatic hydroxyl groups is 1. The number of non-ortho nitro benzene ring substituents is 1. The van der Waals surface area contributed by atoms with E-state index >= 15 is 0 Å². The summed E-state index contributed by atoms with van der Waals surface area (Å²) in [6.07, 6.45) is 0. The number of likely N-dealkylation sites (N-methyl/N-ethyl adjacent to an activating group) is 1. The number of halogens is 1. The summed E-state index contributed by atoms with van der Waals surface area (Å²) in [5.74, 6) is -0.452. The summed E-state index contributed by atoms with van der Waals surface area (Å²) in [5, 5.41) is 22.3. The summed E-state index contributed by atoms with van der Waals surface area (Å²) in [6, 6.07) is 10.8. The van der Waals surface area contributed by atoms with E-state index in [2.05, 4.69) is 5.32 Å². The van der Waals surface area contributed by atoms with Crippen molar-refractivity contribution in [3.05, 3.63) is 63.2 Å². The van der Waals surface area contributed by atoms with Gasteiger partial charge in [0.15, 0.2) is 0 Å². The van der Waals surface area contributed by atoms with E-state index in [4.69, 9.17) is 16.7 Å². The van der Waals surface area contributed by atoms with E-state index < -0.39 is 10.8 Å². The predicted molar refractivity (Wildman–Crippen MR) is 92.9 cm³/mol. The van der Waals surface area contributed by atoms with E-state index in [0.29, 0.717) is 12.2 Å². The van der Waals surface area contributed by atoms with Gasteiger partial charge >= 0.3 is 0 Å². The van der Waals surface area contributed by atoms with Crippen molar-refractivity contribution in [2.45, 2.75) is 0 Å². The molecule has 2 N–H and O–H groups in total. The van der Waals surface area contributed by atoms with E-state index in [-0.39, 0.29) is 22.9 Å². The lowest BCUT2D eigenvalue weighted by Crippen LogP contribution is -2.21. The summed E-state index contributed by atoms with van der Waals surface area (Å²) in [7, 11) is 1.85. The number of nitro benzene ring substituents is 1. The molecule has 0 radical (unpaired) electrons. The molecule has 2 rings (SSSR count). The van der Waals surface area contributed by atoms with Crippen molar-refractivity contribution in [1.29, 1.82) is 0 Å². The normalized spacial score (nSPS) is 10.3. The monoisotopic (exact) mass is 349 g/mol. The lowest BCUT2D eigenvalue weighted by atomic mass is 10.2. The predicted octanol–water partition coefficient (Wildman–Crippen LogP) is 2.93. The average Bonchev–Trinajstić information content (AvgIpc) is 2.55. The van der Waals surface area contributed by atoms with Crippen LogP contribution in [0.25, 0.3) is 0 Å². The van der Waals surface area contributed by atoms with Crippen LogP contribution in [0.2, 0.25) is 5.02 Å². The number of carbonyl (C=O) groups is 1. The van der Waals surface area contributed by atoms with Crippen LogP contribution in [-0.4, -0.2) is 36.1 Å². The third-order valence-electron chi connectivity index (χ3n) is 3.41. The molecular formula is C16H16ClN3O4. The second-order valence-electron chi connectivity index (χ2n) is 5.07. The van der Waals surface area contributed by atoms with Crippen LogP contribution in [0.5, 0.6) is 0 Å². The lowest BCUT2D eigenvalue weighted by Gasteiger charge is -2.18. The van der Waals surface area contributed by atoms with Gasteiger partial charge in [-0.2, -0.15) is 0 Å². The first-order valence-corrected chi connectivity index (χ1v) is 7.47. The van der Waals surface area contributed by atoms with Gasteiger partial charge in [0.05, 0.1) is 22.1 Å². The van der Waals surface area contributed by atoms with E-state index in [1.54, 1.807) is 12.1 Å². The molecule has 0 fully saturated rings. The molecule has 2 aromatic carbocycles. The van der Waals surface area contributed by atoms with Gasteiger partial charge in [-0.15, -0.1) is 0 Å². The average molecular weight is 350 g/mol. The summed E-state index contributed by atoms with van der Waals surface area (Å²) in [4.78, 5) is 24.2. The molecule has 0 atom stereocenters. The number of rotatable bonds is 6. The molecule has 24 heavy (non-hydrogen) atoms. The first-order chi connectivity index (χ1) is 11.4. The maximum Gasteiger partial charge on any atom is 0.270 e. The minimum absolute atomic E-state index is 0.0148.